The molecule has 2 aliphatic heterocycles. The Balaban J connectivity index is 1.40. The molecule has 2 fully saturated rings. The first-order chi connectivity index (χ1) is 12.2. The topological polar surface area (TPSA) is 63.7 Å². The fraction of sp³-hybridized carbons (Fsp3) is 0.556. The lowest BCUT2D eigenvalue weighted by molar-refractivity contribution is 0.0118. The van der Waals surface area contributed by atoms with E-state index in [0.717, 1.165) is 45.2 Å². The van der Waals surface area contributed by atoms with Crippen molar-refractivity contribution in [3.8, 4) is 0 Å². The van der Waals surface area contributed by atoms with E-state index in [1.807, 2.05) is 21.7 Å². The highest BCUT2D eigenvalue weighted by atomic mass is 16.5. The molecule has 0 N–H and O–H groups in total. The standard InChI is InChI=1S/C18H24N4O3/c1-14-10-22(12-16(14)21-6-8-24-9-7-21)18(23)17-3-2-15(25-17)11-20-5-4-19-13-20/h2-5,13-14,16H,6-12H2,1H3/t14-,16-/m1/s1. The van der Waals surface area contributed by atoms with Crippen LogP contribution in [0.15, 0.2) is 35.3 Å². The van der Waals surface area contributed by atoms with Gasteiger partial charge >= 0.3 is 0 Å². The van der Waals surface area contributed by atoms with E-state index in [0.29, 0.717) is 24.3 Å². The van der Waals surface area contributed by atoms with Crippen molar-refractivity contribution in [2.24, 2.45) is 5.92 Å². The summed E-state index contributed by atoms with van der Waals surface area (Å²) in [6, 6.07) is 4.06. The summed E-state index contributed by atoms with van der Waals surface area (Å²) < 4.78 is 13.1. The van der Waals surface area contributed by atoms with Crippen molar-refractivity contribution < 1.29 is 13.9 Å². The normalized spacial score (nSPS) is 24.8. The number of hydrogen-bond donors (Lipinski definition) is 0. The van der Waals surface area contributed by atoms with Gasteiger partial charge in [-0.2, -0.15) is 0 Å². The first-order valence-corrected chi connectivity index (χ1v) is 8.86. The highest BCUT2D eigenvalue weighted by molar-refractivity contribution is 5.91. The number of rotatable bonds is 4. The molecule has 0 aromatic carbocycles. The van der Waals surface area contributed by atoms with E-state index in [9.17, 15) is 4.79 Å². The summed E-state index contributed by atoms with van der Waals surface area (Å²) in [5.41, 5.74) is 0. The molecule has 0 radical (unpaired) electrons. The first-order valence-electron chi connectivity index (χ1n) is 8.86. The molecule has 1 amide bonds. The number of ether oxygens (including phenoxy) is 1. The second-order valence-corrected chi connectivity index (χ2v) is 6.90. The summed E-state index contributed by atoms with van der Waals surface area (Å²) in [7, 11) is 0. The molecule has 7 heteroatoms. The molecule has 0 aliphatic carbocycles. The van der Waals surface area contributed by atoms with Crippen LogP contribution in [0.1, 0.15) is 23.2 Å². The van der Waals surface area contributed by atoms with E-state index in [1.54, 1.807) is 18.6 Å². The number of carbonyl (C=O) groups excluding carboxylic acids is 1. The molecule has 2 aliphatic rings. The Morgan fingerprint density at radius 2 is 2.12 bits per heavy atom. The predicted octanol–water partition coefficient (Wildman–Crippen LogP) is 1.32. The molecule has 7 nitrogen and oxygen atoms in total. The zero-order chi connectivity index (χ0) is 17.2. The predicted molar refractivity (Wildman–Crippen MR) is 91.3 cm³/mol. The van der Waals surface area contributed by atoms with Crippen molar-refractivity contribution in [3.05, 3.63) is 42.4 Å². The van der Waals surface area contributed by atoms with Gasteiger partial charge in [-0.1, -0.05) is 6.92 Å². The van der Waals surface area contributed by atoms with Crippen LogP contribution < -0.4 is 0 Å². The number of likely N-dealkylation sites (tertiary alicyclic amines) is 1. The average Bonchev–Trinajstić information content (AvgIpc) is 3.37. The van der Waals surface area contributed by atoms with Crippen LogP contribution in [-0.4, -0.2) is 70.7 Å². The molecular formula is C18H24N4O3. The summed E-state index contributed by atoms with van der Waals surface area (Å²) in [5, 5.41) is 0. The Kier molecular flexibility index (Phi) is 4.59. The fourth-order valence-electron chi connectivity index (χ4n) is 3.79. The van der Waals surface area contributed by atoms with Crippen LogP contribution in [0, 0.1) is 5.92 Å². The lowest BCUT2D eigenvalue weighted by Crippen LogP contribution is -2.47. The summed E-state index contributed by atoms with van der Waals surface area (Å²) >= 11 is 0. The Bertz CT molecular complexity index is 706. The van der Waals surface area contributed by atoms with Gasteiger partial charge in [0.2, 0.25) is 0 Å². The van der Waals surface area contributed by atoms with Crippen molar-refractivity contribution in [2.45, 2.75) is 19.5 Å². The van der Waals surface area contributed by atoms with Crippen LogP contribution in [0.25, 0.3) is 0 Å². The fourth-order valence-corrected chi connectivity index (χ4v) is 3.79. The van der Waals surface area contributed by atoms with Crippen LogP contribution in [0.2, 0.25) is 0 Å². The summed E-state index contributed by atoms with van der Waals surface area (Å²) in [4.78, 5) is 21.2. The van der Waals surface area contributed by atoms with Crippen LogP contribution in [-0.2, 0) is 11.3 Å². The average molecular weight is 344 g/mol. The highest BCUT2D eigenvalue weighted by Gasteiger charge is 2.37. The summed E-state index contributed by atoms with van der Waals surface area (Å²) in [5.74, 6) is 1.63. The van der Waals surface area contributed by atoms with Crippen molar-refractivity contribution in [3.63, 3.8) is 0 Å². The molecule has 2 aromatic heterocycles. The number of carbonyl (C=O) groups is 1. The molecule has 134 valence electrons. The van der Waals surface area contributed by atoms with Crippen LogP contribution in [0.5, 0.6) is 0 Å². The van der Waals surface area contributed by atoms with Gasteiger partial charge in [0.15, 0.2) is 5.76 Å². The van der Waals surface area contributed by atoms with E-state index in [4.69, 9.17) is 9.15 Å². The Hall–Kier alpha value is -2.12. The van der Waals surface area contributed by atoms with Crippen molar-refractivity contribution in [1.82, 2.24) is 19.4 Å². The maximum atomic E-state index is 12.8. The number of aromatic nitrogens is 2. The lowest BCUT2D eigenvalue weighted by Gasteiger charge is -2.33. The van der Waals surface area contributed by atoms with Gasteiger partial charge in [-0.3, -0.25) is 9.69 Å². The van der Waals surface area contributed by atoms with E-state index >= 15 is 0 Å². The SMILES string of the molecule is C[C@@H]1CN(C(=O)c2ccc(Cn3ccnc3)o2)C[C@H]1N1CCOCC1. The third-order valence-corrected chi connectivity index (χ3v) is 5.14. The Labute approximate surface area is 147 Å². The van der Waals surface area contributed by atoms with Gasteiger partial charge in [-0.25, -0.2) is 4.98 Å². The van der Waals surface area contributed by atoms with E-state index < -0.39 is 0 Å². The molecule has 4 heterocycles. The summed E-state index contributed by atoms with van der Waals surface area (Å²) in [6.07, 6.45) is 5.34. The van der Waals surface area contributed by atoms with Gasteiger partial charge in [0.05, 0.1) is 26.1 Å². The number of nitrogens with zero attached hydrogens (tertiary/aromatic N) is 4. The Morgan fingerprint density at radius 3 is 2.88 bits per heavy atom. The minimum Gasteiger partial charge on any atom is -0.454 e. The molecule has 4 rings (SSSR count). The van der Waals surface area contributed by atoms with Gasteiger partial charge in [-0.15, -0.1) is 0 Å². The number of hydrogen-bond acceptors (Lipinski definition) is 5. The van der Waals surface area contributed by atoms with E-state index in [2.05, 4.69) is 16.8 Å². The third-order valence-electron chi connectivity index (χ3n) is 5.14. The molecule has 2 saturated heterocycles. The number of amides is 1. The molecule has 0 unspecified atom stereocenters. The maximum Gasteiger partial charge on any atom is 0.289 e. The van der Waals surface area contributed by atoms with Gasteiger partial charge in [0, 0.05) is 44.6 Å². The van der Waals surface area contributed by atoms with Crippen molar-refractivity contribution in [2.75, 3.05) is 39.4 Å². The summed E-state index contributed by atoms with van der Waals surface area (Å²) in [6.45, 7) is 7.82. The van der Waals surface area contributed by atoms with Crippen molar-refractivity contribution >= 4 is 5.91 Å². The monoisotopic (exact) mass is 344 g/mol. The van der Waals surface area contributed by atoms with Gasteiger partial charge in [-0.05, 0) is 18.1 Å². The maximum absolute atomic E-state index is 12.8. The third kappa shape index (κ3) is 3.48. The number of furan rings is 1. The second kappa shape index (κ2) is 7.01. The quantitative estimate of drug-likeness (QED) is 0.837. The first kappa shape index (κ1) is 16.4. The second-order valence-electron chi connectivity index (χ2n) is 6.90. The Morgan fingerprint density at radius 1 is 1.28 bits per heavy atom. The molecule has 0 spiro atoms. The van der Waals surface area contributed by atoms with Gasteiger partial charge in [0.1, 0.15) is 5.76 Å². The van der Waals surface area contributed by atoms with E-state index in [1.165, 1.54) is 0 Å². The molecule has 25 heavy (non-hydrogen) atoms. The highest BCUT2D eigenvalue weighted by Crippen LogP contribution is 2.24. The van der Waals surface area contributed by atoms with E-state index in [-0.39, 0.29) is 5.91 Å². The molecular weight excluding hydrogens is 320 g/mol. The molecule has 2 atom stereocenters. The number of morpholine rings is 1. The molecule has 2 aromatic rings. The molecule has 0 saturated carbocycles. The van der Waals surface area contributed by atoms with Crippen LogP contribution in [0.4, 0.5) is 0 Å². The minimum atomic E-state index is -0.0144. The van der Waals surface area contributed by atoms with Gasteiger partial charge in [0.25, 0.3) is 5.91 Å². The minimum absolute atomic E-state index is 0.0144. The number of imidazole rings is 1. The largest absolute Gasteiger partial charge is 0.454 e. The van der Waals surface area contributed by atoms with Gasteiger partial charge < -0.3 is 18.6 Å². The van der Waals surface area contributed by atoms with Crippen LogP contribution in [0.3, 0.4) is 0 Å². The lowest BCUT2D eigenvalue weighted by atomic mass is 10.0. The smallest absolute Gasteiger partial charge is 0.289 e. The van der Waals surface area contributed by atoms with Crippen molar-refractivity contribution in [1.29, 1.82) is 0 Å². The zero-order valence-corrected chi connectivity index (χ0v) is 14.5. The molecule has 0 bridgehead atoms. The zero-order valence-electron chi connectivity index (χ0n) is 14.5. The van der Waals surface area contributed by atoms with Crippen LogP contribution >= 0.6 is 0 Å².